The lowest BCUT2D eigenvalue weighted by Crippen LogP contribution is -2.52. The van der Waals surface area contributed by atoms with E-state index in [1.54, 1.807) is 22.9 Å². The summed E-state index contributed by atoms with van der Waals surface area (Å²) in [5.74, 6) is 0.177. The quantitative estimate of drug-likeness (QED) is 0.494. The molecular formula is C20H21N5O3S2. The molecule has 2 aromatic heterocycles. The molecule has 0 saturated carbocycles. The number of benzene rings is 1. The van der Waals surface area contributed by atoms with Crippen molar-refractivity contribution in [3.8, 4) is 0 Å². The van der Waals surface area contributed by atoms with E-state index in [9.17, 15) is 14.4 Å². The molecule has 1 saturated heterocycles. The van der Waals surface area contributed by atoms with E-state index in [4.69, 9.17) is 0 Å². The number of piperazine rings is 1. The smallest absolute Gasteiger partial charge is 0.321 e. The second-order valence-corrected chi connectivity index (χ2v) is 8.69. The highest BCUT2D eigenvalue weighted by Crippen LogP contribution is 2.21. The molecule has 3 amide bonds. The number of carbonyl (C=O) groups excluding carboxylic acids is 2. The Hall–Kier alpha value is -2.85. The van der Waals surface area contributed by atoms with Gasteiger partial charge in [0.05, 0.1) is 11.1 Å². The Morgan fingerprint density at radius 1 is 1.10 bits per heavy atom. The fourth-order valence-corrected chi connectivity index (χ4v) is 4.89. The normalized spacial score (nSPS) is 14.2. The van der Waals surface area contributed by atoms with Crippen LogP contribution < -0.4 is 10.9 Å². The van der Waals surface area contributed by atoms with Gasteiger partial charge in [0, 0.05) is 38.9 Å². The van der Waals surface area contributed by atoms with Gasteiger partial charge in [-0.25, -0.2) is 9.78 Å². The van der Waals surface area contributed by atoms with Gasteiger partial charge in [0.15, 0.2) is 5.16 Å². The number of thioether (sulfide) groups is 1. The Labute approximate surface area is 181 Å². The molecule has 3 heterocycles. The van der Waals surface area contributed by atoms with Crippen LogP contribution in [-0.2, 0) is 11.8 Å². The summed E-state index contributed by atoms with van der Waals surface area (Å²) in [4.78, 5) is 46.0. The number of nitrogens with one attached hydrogen (secondary N) is 1. The Morgan fingerprint density at radius 3 is 2.53 bits per heavy atom. The Balaban J connectivity index is 1.30. The van der Waals surface area contributed by atoms with E-state index in [1.165, 1.54) is 27.7 Å². The molecule has 3 aromatic rings. The lowest BCUT2D eigenvalue weighted by Gasteiger charge is -2.34. The molecule has 0 radical (unpaired) electrons. The van der Waals surface area contributed by atoms with Crippen LogP contribution in [0, 0.1) is 0 Å². The number of aromatic nitrogens is 2. The third kappa shape index (κ3) is 4.34. The third-order valence-electron chi connectivity index (χ3n) is 4.93. The van der Waals surface area contributed by atoms with Crippen LogP contribution in [0.4, 0.5) is 10.5 Å². The van der Waals surface area contributed by atoms with Gasteiger partial charge in [-0.15, -0.1) is 11.3 Å². The number of thiophene rings is 1. The number of fused-ring (bicyclic) bond motifs is 1. The Bertz CT molecular complexity index is 1120. The van der Waals surface area contributed by atoms with Crippen molar-refractivity contribution >= 4 is 50.9 Å². The van der Waals surface area contributed by atoms with E-state index in [2.05, 4.69) is 10.3 Å². The van der Waals surface area contributed by atoms with Gasteiger partial charge in [-0.1, -0.05) is 30.0 Å². The number of amides is 3. The number of anilines is 1. The molecule has 10 heteroatoms. The lowest BCUT2D eigenvalue weighted by molar-refractivity contribution is -0.129. The zero-order chi connectivity index (χ0) is 21.1. The van der Waals surface area contributed by atoms with Gasteiger partial charge in [0.2, 0.25) is 5.91 Å². The first kappa shape index (κ1) is 20.4. The summed E-state index contributed by atoms with van der Waals surface area (Å²) < 4.78 is 1.48. The van der Waals surface area contributed by atoms with E-state index >= 15 is 0 Å². The van der Waals surface area contributed by atoms with E-state index in [-0.39, 0.29) is 23.3 Å². The minimum Gasteiger partial charge on any atom is -0.338 e. The molecule has 1 aliphatic heterocycles. The van der Waals surface area contributed by atoms with Crippen molar-refractivity contribution in [2.75, 3.05) is 37.2 Å². The molecular weight excluding hydrogens is 422 g/mol. The van der Waals surface area contributed by atoms with Crippen LogP contribution in [0.25, 0.3) is 10.2 Å². The maximum atomic E-state index is 12.6. The minimum atomic E-state index is -0.161. The molecule has 0 atom stereocenters. The van der Waals surface area contributed by atoms with Crippen LogP contribution in [0.1, 0.15) is 0 Å². The average molecular weight is 444 g/mol. The first-order valence-corrected chi connectivity index (χ1v) is 11.4. The first-order valence-electron chi connectivity index (χ1n) is 9.49. The molecule has 0 bridgehead atoms. The van der Waals surface area contributed by atoms with Crippen molar-refractivity contribution in [2.45, 2.75) is 5.16 Å². The summed E-state index contributed by atoms with van der Waals surface area (Å²) in [6.07, 6.45) is 0. The molecule has 0 unspecified atom stereocenters. The lowest BCUT2D eigenvalue weighted by atomic mass is 10.3. The summed E-state index contributed by atoms with van der Waals surface area (Å²) in [6.45, 7) is 1.93. The summed E-state index contributed by atoms with van der Waals surface area (Å²) in [5, 5.41) is 5.84. The van der Waals surface area contributed by atoms with Gasteiger partial charge < -0.3 is 15.1 Å². The van der Waals surface area contributed by atoms with Crippen LogP contribution in [0.15, 0.2) is 51.7 Å². The van der Waals surface area contributed by atoms with Crippen molar-refractivity contribution in [1.82, 2.24) is 19.4 Å². The van der Waals surface area contributed by atoms with E-state index in [1.807, 2.05) is 35.7 Å². The van der Waals surface area contributed by atoms with Crippen molar-refractivity contribution in [3.05, 3.63) is 52.1 Å². The zero-order valence-corrected chi connectivity index (χ0v) is 18.0. The maximum absolute atomic E-state index is 12.6. The van der Waals surface area contributed by atoms with Gasteiger partial charge in [-0.3, -0.25) is 14.2 Å². The van der Waals surface area contributed by atoms with Gasteiger partial charge in [0.25, 0.3) is 5.56 Å². The molecule has 8 nitrogen and oxygen atoms in total. The van der Waals surface area contributed by atoms with Crippen LogP contribution >= 0.6 is 23.1 Å². The van der Waals surface area contributed by atoms with Gasteiger partial charge in [0.1, 0.15) is 4.83 Å². The van der Waals surface area contributed by atoms with Gasteiger partial charge >= 0.3 is 6.03 Å². The highest BCUT2D eigenvalue weighted by molar-refractivity contribution is 7.99. The van der Waals surface area contributed by atoms with Crippen molar-refractivity contribution in [2.24, 2.45) is 7.05 Å². The summed E-state index contributed by atoms with van der Waals surface area (Å²) in [6, 6.07) is 10.9. The molecule has 1 aliphatic rings. The summed E-state index contributed by atoms with van der Waals surface area (Å²) in [7, 11) is 1.67. The number of urea groups is 1. The Kier molecular flexibility index (Phi) is 6.05. The molecule has 1 N–H and O–H groups in total. The predicted octanol–water partition coefficient (Wildman–Crippen LogP) is 2.46. The predicted molar refractivity (Wildman–Crippen MR) is 119 cm³/mol. The minimum absolute atomic E-state index is 0.0244. The molecule has 30 heavy (non-hydrogen) atoms. The number of nitrogens with zero attached hydrogens (tertiary/aromatic N) is 4. The molecule has 1 fully saturated rings. The number of para-hydroxylation sites is 1. The van der Waals surface area contributed by atoms with E-state index in [0.29, 0.717) is 41.6 Å². The van der Waals surface area contributed by atoms with E-state index in [0.717, 1.165) is 5.69 Å². The fraction of sp³-hybridized carbons (Fsp3) is 0.300. The van der Waals surface area contributed by atoms with Crippen LogP contribution in [-0.4, -0.2) is 63.2 Å². The second-order valence-electron chi connectivity index (χ2n) is 6.85. The number of hydrogen-bond donors (Lipinski definition) is 1. The second kappa shape index (κ2) is 8.88. The van der Waals surface area contributed by atoms with Crippen LogP contribution in [0.3, 0.4) is 0 Å². The zero-order valence-electron chi connectivity index (χ0n) is 16.4. The number of carbonyl (C=O) groups is 2. The van der Waals surface area contributed by atoms with Crippen LogP contribution in [0.2, 0.25) is 0 Å². The summed E-state index contributed by atoms with van der Waals surface area (Å²) >= 11 is 2.68. The Morgan fingerprint density at radius 2 is 1.80 bits per heavy atom. The maximum Gasteiger partial charge on any atom is 0.321 e. The number of rotatable bonds is 4. The fourth-order valence-electron chi connectivity index (χ4n) is 3.21. The SMILES string of the molecule is Cn1c(SCC(=O)N2CCN(C(=O)Nc3ccccc3)CC2)nc2sccc2c1=O. The summed E-state index contributed by atoms with van der Waals surface area (Å²) in [5.41, 5.74) is 0.646. The highest BCUT2D eigenvalue weighted by Gasteiger charge is 2.24. The van der Waals surface area contributed by atoms with Crippen molar-refractivity contribution in [1.29, 1.82) is 0 Å². The molecule has 156 valence electrons. The standard InChI is InChI=1S/C20H21N5O3S2/c1-23-18(27)15-7-12-29-17(15)22-20(23)30-13-16(26)24-8-10-25(11-9-24)19(28)21-14-5-3-2-4-6-14/h2-7,12H,8-11,13H2,1H3,(H,21,28). The molecule has 1 aromatic carbocycles. The van der Waals surface area contributed by atoms with Crippen molar-refractivity contribution in [3.63, 3.8) is 0 Å². The van der Waals surface area contributed by atoms with Gasteiger partial charge in [-0.05, 0) is 23.6 Å². The van der Waals surface area contributed by atoms with E-state index < -0.39 is 0 Å². The molecule has 4 rings (SSSR count). The molecule has 0 aliphatic carbocycles. The van der Waals surface area contributed by atoms with Crippen molar-refractivity contribution < 1.29 is 9.59 Å². The first-order chi connectivity index (χ1) is 14.5. The third-order valence-corrected chi connectivity index (χ3v) is 6.75. The monoisotopic (exact) mass is 443 g/mol. The average Bonchev–Trinajstić information content (AvgIpc) is 3.24. The highest BCUT2D eigenvalue weighted by atomic mass is 32.2. The molecule has 0 spiro atoms. The van der Waals surface area contributed by atoms with Gasteiger partial charge in [-0.2, -0.15) is 0 Å². The van der Waals surface area contributed by atoms with Crippen LogP contribution in [0.5, 0.6) is 0 Å². The number of hydrogen-bond acceptors (Lipinski definition) is 6. The largest absolute Gasteiger partial charge is 0.338 e. The topological polar surface area (TPSA) is 87.5 Å².